The number of piperidine rings is 1. The summed E-state index contributed by atoms with van der Waals surface area (Å²) in [5.41, 5.74) is 1.41. The summed E-state index contributed by atoms with van der Waals surface area (Å²) in [6.07, 6.45) is 7.74. The van der Waals surface area contributed by atoms with Gasteiger partial charge in [0.05, 0.1) is 12.7 Å². The smallest absolute Gasteiger partial charge is 0.0600 e. The lowest BCUT2D eigenvalue weighted by atomic mass is 9.85. The molecule has 3 saturated heterocycles. The molecule has 1 aromatic rings. The molecule has 0 bridgehead atoms. The van der Waals surface area contributed by atoms with E-state index in [9.17, 15) is 0 Å². The van der Waals surface area contributed by atoms with Gasteiger partial charge in [-0.15, -0.1) is 0 Å². The summed E-state index contributed by atoms with van der Waals surface area (Å²) >= 11 is 6.15. The van der Waals surface area contributed by atoms with Crippen LogP contribution < -0.4 is 0 Å². The molecule has 5 heteroatoms. The Kier molecular flexibility index (Phi) is 7.66. The van der Waals surface area contributed by atoms with E-state index in [0.29, 0.717) is 18.1 Å². The van der Waals surface area contributed by atoms with Crippen molar-refractivity contribution in [1.82, 2.24) is 9.80 Å². The number of nitrogens with zero attached hydrogens (tertiary/aromatic N) is 2. The molecule has 1 atom stereocenters. The molecule has 3 heterocycles. The minimum absolute atomic E-state index is 0.430. The van der Waals surface area contributed by atoms with Gasteiger partial charge in [-0.1, -0.05) is 23.7 Å². The van der Waals surface area contributed by atoms with Crippen LogP contribution in [0.15, 0.2) is 24.3 Å². The molecule has 0 amide bonds. The van der Waals surface area contributed by atoms with Crippen LogP contribution in [0.5, 0.6) is 0 Å². The molecule has 3 aliphatic heterocycles. The number of likely N-dealkylation sites (tertiary alicyclic amines) is 2. The lowest BCUT2D eigenvalue weighted by Gasteiger charge is -2.42. The molecule has 3 fully saturated rings. The number of benzene rings is 1. The highest BCUT2D eigenvalue weighted by Crippen LogP contribution is 2.37. The molecule has 0 saturated carbocycles. The van der Waals surface area contributed by atoms with Crippen LogP contribution in [0.2, 0.25) is 5.02 Å². The highest BCUT2D eigenvalue weighted by molar-refractivity contribution is 6.30. The average Bonchev–Trinajstić information content (AvgIpc) is 3.25. The minimum atomic E-state index is 0.430. The van der Waals surface area contributed by atoms with Gasteiger partial charge in [0.2, 0.25) is 0 Å². The van der Waals surface area contributed by atoms with Crippen molar-refractivity contribution < 1.29 is 9.47 Å². The van der Waals surface area contributed by atoms with Crippen molar-refractivity contribution in [2.24, 2.45) is 5.92 Å². The molecule has 0 aliphatic carbocycles. The maximum absolute atomic E-state index is 6.23. The van der Waals surface area contributed by atoms with Crippen molar-refractivity contribution in [3.05, 3.63) is 34.9 Å². The van der Waals surface area contributed by atoms with Crippen molar-refractivity contribution in [2.45, 2.75) is 50.7 Å². The van der Waals surface area contributed by atoms with Crippen LogP contribution in [0.25, 0.3) is 0 Å². The van der Waals surface area contributed by atoms with E-state index in [1.165, 1.54) is 31.5 Å². The Morgan fingerprint density at radius 1 is 0.964 bits per heavy atom. The quantitative estimate of drug-likeness (QED) is 0.670. The van der Waals surface area contributed by atoms with Crippen LogP contribution in [0.1, 0.15) is 50.1 Å². The second-order valence-electron chi connectivity index (χ2n) is 8.60. The van der Waals surface area contributed by atoms with Gasteiger partial charge in [-0.2, -0.15) is 0 Å². The third kappa shape index (κ3) is 5.48. The fourth-order valence-electron chi connectivity index (χ4n) is 5.15. The lowest BCUT2D eigenvalue weighted by Crippen LogP contribution is -2.43. The molecule has 1 aromatic carbocycles. The first kappa shape index (κ1) is 20.6. The van der Waals surface area contributed by atoms with E-state index >= 15 is 0 Å². The Morgan fingerprint density at radius 2 is 1.64 bits per heavy atom. The van der Waals surface area contributed by atoms with Crippen molar-refractivity contribution in [3.63, 3.8) is 0 Å². The molecule has 28 heavy (non-hydrogen) atoms. The van der Waals surface area contributed by atoms with Gasteiger partial charge >= 0.3 is 0 Å². The Labute approximate surface area is 175 Å². The predicted octanol–water partition coefficient (Wildman–Crippen LogP) is 4.38. The van der Waals surface area contributed by atoms with Crippen LogP contribution >= 0.6 is 11.6 Å². The van der Waals surface area contributed by atoms with Gasteiger partial charge < -0.3 is 14.4 Å². The second kappa shape index (κ2) is 10.4. The van der Waals surface area contributed by atoms with Gasteiger partial charge in [0.1, 0.15) is 0 Å². The fourth-order valence-corrected chi connectivity index (χ4v) is 5.27. The van der Waals surface area contributed by atoms with Crippen molar-refractivity contribution in [2.75, 3.05) is 52.5 Å². The summed E-state index contributed by atoms with van der Waals surface area (Å²) in [7, 11) is 0. The Morgan fingerprint density at radius 3 is 2.32 bits per heavy atom. The summed E-state index contributed by atoms with van der Waals surface area (Å²) in [5.74, 6) is 0.669. The highest BCUT2D eigenvalue weighted by Gasteiger charge is 2.33. The molecule has 4 nitrogen and oxygen atoms in total. The number of hydrogen-bond acceptors (Lipinski definition) is 4. The van der Waals surface area contributed by atoms with Gasteiger partial charge in [0, 0.05) is 43.9 Å². The fraction of sp³-hybridized carbons (Fsp3) is 0.739. The van der Waals surface area contributed by atoms with E-state index < -0.39 is 0 Å². The standard InChI is InChI=1S/C23H35ClN2O2/c24-21-5-3-19(4-6-21)23(20-9-16-27-17-10-20)26-13-7-22(8-14-26)28-18-15-25-11-1-2-12-25/h3-6,20,22-23H,1-2,7-18H2. The van der Waals surface area contributed by atoms with E-state index in [1.54, 1.807) is 0 Å². The molecule has 1 unspecified atom stereocenters. The molecular formula is C23H35ClN2O2. The zero-order chi connectivity index (χ0) is 19.2. The van der Waals surface area contributed by atoms with Crippen LogP contribution in [-0.2, 0) is 9.47 Å². The molecule has 3 aliphatic rings. The summed E-state index contributed by atoms with van der Waals surface area (Å²) in [6.45, 7) is 8.56. The van der Waals surface area contributed by atoms with Crippen molar-refractivity contribution in [3.8, 4) is 0 Å². The van der Waals surface area contributed by atoms with E-state index in [0.717, 1.165) is 70.2 Å². The largest absolute Gasteiger partial charge is 0.381 e. The molecule has 0 spiro atoms. The van der Waals surface area contributed by atoms with Crippen LogP contribution in [0.3, 0.4) is 0 Å². The van der Waals surface area contributed by atoms with Gasteiger partial charge in [-0.25, -0.2) is 0 Å². The first-order valence-electron chi connectivity index (χ1n) is 11.2. The summed E-state index contributed by atoms with van der Waals surface area (Å²) < 4.78 is 11.9. The van der Waals surface area contributed by atoms with Gasteiger partial charge in [0.15, 0.2) is 0 Å². The monoisotopic (exact) mass is 406 g/mol. The third-order valence-corrected chi connectivity index (χ3v) is 7.01. The van der Waals surface area contributed by atoms with Crippen LogP contribution in [-0.4, -0.2) is 68.4 Å². The first-order chi connectivity index (χ1) is 13.8. The van der Waals surface area contributed by atoms with Gasteiger partial charge in [-0.3, -0.25) is 4.90 Å². The average molecular weight is 407 g/mol. The number of rotatable bonds is 7. The maximum atomic E-state index is 6.23. The van der Waals surface area contributed by atoms with Gasteiger partial charge in [0.25, 0.3) is 0 Å². The lowest BCUT2D eigenvalue weighted by molar-refractivity contribution is -0.0275. The molecule has 0 aromatic heterocycles. The van der Waals surface area contributed by atoms with E-state index in [4.69, 9.17) is 21.1 Å². The zero-order valence-electron chi connectivity index (χ0n) is 17.0. The maximum Gasteiger partial charge on any atom is 0.0600 e. The summed E-state index contributed by atoms with van der Waals surface area (Å²) in [6, 6.07) is 9.00. The van der Waals surface area contributed by atoms with E-state index in [1.807, 2.05) is 12.1 Å². The Bertz CT molecular complexity index is 577. The third-order valence-electron chi connectivity index (χ3n) is 6.75. The van der Waals surface area contributed by atoms with Crippen LogP contribution in [0.4, 0.5) is 0 Å². The predicted molar refractivity (Wildman–Crippen MR) is 114 cm³/mol. The van der Waals surface area contributed by atoms with Crippen molar-refractivity contribution in [1.29, 1.82) is 0 Å². The first-order valence-corrected chi connectivity index (χ1v) is 11.6. The molecular weight excluding hydrogens is 372 g/mol. The topological polar surface area (TPSA) is 24.9 Å². The normalized spacial score (nSPS) is 24.6. The molecule has 4 rings (SSSR count). The molecule has 156 valence electrons. The SMILES string of the molecule is Clc1ccc(C(C2CCOCC2)N2CCC(OCCN3CCCC3)CC2)cc1. The number of hydrogen-bond donors (Lipinski definition) is 0. The van der Waals surface area contributed by atoms with Crippen molar-refractivity contribution >= 4 is 11.6 Å². The van der Waals surface area contributed by atoms with E-state index in [2.05, 4.69) is 21.9 Å². The Hall–Kier alpha value is -0.650. The number of halogens is 1. The Balaban J connectivity index is 1.31. The second-order valence-corrected chi connectivity index (χ2v) is 9.04. The van der Waals surface area contributed by atoms with Gasteiger partial charge in [-0.05, 0) is 75.2 Å². The van der Waals surface area contributed by atoms with E-state index in [-0.39, 0.29) is 0 Å². The summed E-state index contributed by atoms with van der Waals surface area (Å²) in [4.78, 5) is 5.23. The zero-order valence-corrected chi connectivity index (χ0v) is 17.8. The summed E-state index contributed by atoms with van der Waals surface area (Å²) in [5, 5.41) is 0.819. The minimum Gasteiger partial charge on any atom is -0.381 e. The highest BCUT2D eigenvalue weighted by atomic mass is 35.5. The van der Waals surface area contributed by atoms with Crippen LogP contribution in [0, 0.1) is 5.92 Å². The molecule has 0 radical (unpaired) electrons. The molecule has 0 N–H and O–H groups in total. The number of ether oxygens (including phenoxy) is 2.